The molecule has 0 radical (unpaired) electrons. The third kappa shape index (κ3) is 2.93. The molecule has 4 heteroatoms. The second kappa shape index (κ2) is 5.30. The molecule has 0 aliphatic heterocycles. The molecule has 0 spiro atoms. The van der Waals surface area contributed by atoms with E-state index in [1.54, 1.807) is 26.3 Å². The van der Waals surface area contributed by atoms with E-state index in [0.717, 1.165) is 10.9 Å². The first-order chi connectivity index (χ1) is 7.97. The smallest absolute Gasteiger partial charge is 0.345 e. The summed E-state index contributed by atoms with van der Waals surface area (Å²) in [6.45, 7) is 10.8. The monoisotopic (exact) mass is 232 g/mol. The van der Waals surface area contributed by atoms with Crippen LogP contribution in [0.2, 0.25) is 0 Å². The number of nitrogens with one attached hydrogen (secondary N) is 1. The summed E-state index contributed by atoms with van der Waals surface area (Å²) in [7, 11) is 1.68. The van der Waals surface area contributed by atoms with Crippen molar-refractivity contribution in [2.75, 3.05) is 7.05 Å². The van der Waals surface area contributed by atoms with Crippen molar-refractivity contribution in [3.63, 3.8) is 0 Å². The maximum absolute atomic E-state index is 11.8. The number of aromatic amines is 1. The highest BCUT2D eigenvalue weighted by atomic mass is 16.5. The third-order valence-corrected chi connectivity index (χ3v) is 2.23. The molecule has 0 aliphatic rings. The van der Waals surface area contributed by atoms with Crippen LogP contribution in [0.5, 0.6) is 0 Å². The van der Waals surface area contributed by atoms with Gasteiger partial charge in [0.15, 0.2) is 0 Å². The van der Waals surface area contributed by atoms with E-state index in [2.05, 4.69) is 23.1 Å². The molecule has 0 bridgehead atoms. The average molecular weight is 232 g/mol. The van der Waals surface area contributed by atoms with Crippen LogP contribution in [-0.4, -0.2) is 24.2 Å². The Morgan fingerprint density at radius 3 is 2.71 bits per heavy atom. The van der Waals surface area contributed by atoms with Gasteiger partial charge in [-0.1, -0.05) is 13.2 Å². The van der Waals surface area contributed by atoms with Crippen LogP contribution in [0, 0.1) is 6.92 Å². The summed E-state index contributed by atoms with van der Waals surface area (Å²) in [5.74, 6) is -0.0833. The number of hydrogen-bond acceptors (Lipinski definition) is 3. The van der Waals surface area contributed by atoms with Crippen molar-refractivity contribution in [1.29, 1.82) is 0 Å². The molecular formula is C13H16N2O2. The third-order valence-electron chi connectivity index (χ3n) is 2.23. The molecule has 0 fully saturated rings. The summed E-state index contributed by atoms with van der Waals surface area (Å²) in [5, 5.41) is 1.33. The summed E-state index contributed by atoms with van der Waals surface area (Å²) in [5.41, 5.74) is 1.24. The summed E-state index contributed by atoms with van der Waals surface area (Å²) in [6.07, 6.45) is 3.42. The zero-order valence-electron chi connectivity index (χ0n) is 10.3. The Bertz CT molecular complexity index is 579. The number of carbonyl (C=O) groups is 1. The predicted molar refractivity (Wildman–Crippen MR) is 69.4 cm³/mol. The van der Waals surface area contributed by atoms with Crippen molar-refractivity contribution >= 4 is 24.8 Å². The van der Waals surface area contributed by atoms with E-state index in [-0.39, 0.29) is 0 Å². The lowest BCUT2D eigenvalue weighted by molar-refractivity contribution is 0.0626. The van der Waals surface area contributed by atoms with Crippen LogP contribution in [0.4, 0.5) is 0 Å². The highest BCUT2D eigenvalue weighted by Crippen LogP contribution is 2.02. The molecule has 1 rings (SSSR count). The summed E-state index contributed by atoms with van der Waals surface area (Å²) >= 11 is 0. The number of nitrogens with zero attached hydrogens (tertiary/aromatic N) is 1. The number of hydrogen-bond donors (Lipinski definition) is 1. The lowest BCUT2D eigenvalue weighted by atomic mass is 10.2. The SMILES string of the molecule is C=C(C)OC(=O)c1c(C)/c(=C/C=NC)[nH]c1=C. The Labute approximate surface area is 100 Å². The van der Waals surface area contributed by atoms with Crippen LogP contribution in [0.15, 0.2) is 17.3 Å². The van der Waals surface area contributed by atoms with Crippen LogP contribution < -0.4 is 10.7 Å². The molecule has 4 nitrogen and oxygen atoms in total. The molecule has 0 aliphatic carbocycles. The fourth-order valence-corrected chi connectivity index (χ4v) is 1.48. The summed E-state index contributed by atoms with van der Waals surface area (Å²) in [4.78, 5) is 18.7. The molecule has 0 aromatic carbocycles. The molecule has 0 saturated heterocycles. The van der Waals surface area contributed by atoms with Crippen LogP contribution >= 0.6 is 0 Å². The first-order valence-electron chi connectivity index (χ1n) is 5.15. The maximum atomic E-state index is 11.8. The van der Waals surface area contributed by atoms with Crippen LogP contribution in [-0.2, 0) is 4.74 Å². The van der Waals surface area contributed by atoms with Gasteiger partial charge >= 0.3 is 5.97 Å². The van der Waals surface area contributed by atoms with Crippen LogP contribution in [0.1, 0.15) is 22.8 Å². The van der Waals surface area contributed by atoms with Crippen molar-refractivity contribution in [3.05, 3.63) is 34.2 Å². The second-order valence-electron chi connectivity index (χ2n) is 3.68. The van der Waals surface area contributed by atoms with Crippen molar-refractivity contribution in [2.45, 2.75) is 13.8 Å². The Kier molecular flexibility index (Phi) is 4.04. The molecule has 0 saturated carbocycles. The molecular weight excluding hydrogens is 216 g/mol. The minimum Gasteiger partial charge on any atom is -0.428 e. The van der Waals surface area contributed by atoms with Gasteiger partial charge < -0.3 is 9.72 Å². The predicted octanol–water partition coefficient (Wildman–Crippen LogP) is 0.905. The second-order valence-corrected chi connectivity index (χ2v) is 3.68. The topological polar surface area (TPSA) is 54.4 Å². The normalized spacial score (nSPS) is 12.1. The van der Waals surface area contributed by atoms with Gasteiger partial charge in [0.2, 0.25) is 0 Å². The zero-order chi connectivity index (χ0) is 13.0. The average Bonchev–Trinajstić information content (AvgIpc) is 2.50. The molecule has 1 aromatic heterocycles. The number of aliphatic imine (C=N–C) groups is 1. The number of aromatic nitrogens is 1. The standard InChI is InChI=1S/C13H16N2O2/c1-8(2)17-13(16)12-9(3)11(6-7-14-5)15-10(12)4/h6-7,15H,1,4H2,2-3,5H3/b11-6-,14-7?. The van der Waals surface area contributed by atoms with Crippen molar-refractivity contribution in [1.82, 2.24) is 4.98 Å². The highest BCUT2D eigenvalue weighted by Gasteiger charge is 2.14. The fraction of sp³-hybridized carbons (Fsp3) is 0.231. The van der Waals surface area contributed by atoms with Crippen molar-refractivity contribution < 1.29 is 9.53 Å². The number of H-pyrrole nitrogens is 1. The molecule has 1 heterocycles. The van der Waals surface area contributed by atoms with E-state index in [1.807, 2.05) is 6.92 Å². The van der Waals surface area contributed by atoms with Gasteiger partial charge in [-0.3, -0.25) is 4.99 Å². The molecule has 17 heavy (non-hydrogen) atoms. The molecule has 90 valence electrons. The van der Waals surface area contributed by atoms with Gasteiger partial charge in [-0.25, -0.2) is 4.79 Å². The lowest BCUT2D eigenvalue weighted by Gasteiger charge is -2.01. The maximum Gasteiger partial charge on any atom is 0.345 e. The number of esters is 1. The van der Waals surface area contributed by atoms with E-state index in [9.17, 15) is 4.79 Å². The summed E-state index contributed by atoms with van der Waals surface area (Å²) < 4.78 is 4.97. The van der Waals surface area contributed by atoms with Gasteiger partial charge in [-0.2, -0.15) is 0 Å². The van der Waals surface area contributed by atoms with Gasteiger partial charge in [0.05, 0.1) is 11.3 Å². The highest BCUT2D eigenvalue weighted by molar-refractivity contribution is 5.94. The van der Waals surface area contributed by atoms with E-state index >= 15 is 0 Å². The lowest BCUT2D eigenvalue weighted by Crippen LogP contribution is -2.15. The van der Waals surface area contributed by atoms with Gasteiger partial charge in [0.1, 0.15) is 0 Å². The Hall–Kier alpha value is -2.10. The van der Waals surface area contributed by atoms with Gasteiger partial charge in [-0.05, 0) is 25.5 Å². The summed E-state index contributed by atoms with van der Waals surface area (Å²) in [6, 6.07) is 0. The first-order valence-corrected chi connectivity index (χ1v) is 5.15. The Balaban J connectivity index is 3.28. The number of rotatable bonds is 3. The number of carbonyl (C=O) groups excluding carboxylic acids is 1. The van der Waals surface area contributed by atoms with Crippen molar-refractivity contribution in [3.8, 4) is 0 Å². The first kappa shape index (κ1) is 13.0. The zero-order valence-corrected chi connectivity index (χ0v) is 10.3. The van der Waals surface area contributed by atoms with Gasteiger partial charge in [0.25, 0.3) is 0 Å². The largest absolute Gasteiger partial charge is 0.428 e. The Morgan fingerprint density at radius 1 is 1.53 bits per heavy atom. The van der Waals surface area contributed by atoms with E-state index in [1.165, 1.54) is 0 Å². The number of ether oxygens (including phenoxy) is 1. The van der Waals surface area contributed by atoms with E-state index in [0.29, 0.717) is 16.7 Å². The molecule has 1 N–H and O–H groups in total. The molecule has 0 amide bonds. The van der Waals surface area contributed by atoms with Crippen molar-refractivity contribution in [2.24, 2.45) is 4.99 Å². The molecule has 0 unspecified atom stereocenters. The molecule has 0 atom stereocenters. The van der Waals surface area contributed by atoms with Crippen LogP contribution in [0.3, 0.4) is 0 Å². The minimum absolute atomic E-state index is 0.357. The van der Waals surface area contributed by atoms with Gasteiger partial charge in [0, 0.05) is 24.0 Å². The molecule has 1 aromatic rings. The van der Waals surface area contributed by atoms with Gasteiger partial charge in [-0.15, -0.1) is 0 Å². The fourth-order valence-electron chi connectivity index (χ4n) is 1.48. The Morgan fingerprint density at radius 2 is 2.18 bits per heavy atom. The van der Waals surface area contributed by atoms with Crippen LogP contribution in [0.25, 0.3) is 12.7 Å². The quantitative estimate of drug-likeness (QED) is 0.478. The van der Waals surface area contributed by atoms with E-state index < -0.39 is 5.97 Å². The minimum atomic E-state index is -0.440. The van der Waals surface area contributed by atoms with E-state index in [4.69, 9.17) is 4.74 Å². The number of allylic oxidation sites excluding steroid dienone is 1.